The van der Waals surface area contributed by atoms with Crippen molar-refractivity contribution in [1.82, 2.24) is 4.90 Å². The number of likely N-dealkylation sites (tertiary alicyclic amines) is 1. The Kier molecular flexibility index (Phi) is 3.20. The molecule has 0 aliphatic carbocycles. The molecule has 1 N–H and O–H groups in total. The Bertz CT molecular complexity index is 589. The van der Waals surface area contributed by atoms with Gasteiger partial charge < -0.3 is 14.9 Å². The first-order chi connectivity index (χ1) is 9.91. The molecule has 6 heteroatoms. The molecule has 1 amide bonds. The van der Waals surface area contributed by atoms with Crippen molar-refractivity contribution in [3.63, 3.8) is 0 Å². The van der Waals surface area contributed by atoms with Crippen LogP contribution in [0.5, 0.6) is 0 Å². The zero-order valence-corrected chi connectivity index (χ0v) is 11.8. The fraction of sp³-hybridized carbons (Fsp3) is 0.467. The summed E-state index contributed by atoms with van der Waals surface area (Å²) in [6.07, 6.45) is 0.219. The molecular weight excluding hydrogens is 275 g/mol. The number of aromatic carboxylic acids is 1. The largest absolute Gasteiger partial charge is 0.478 e. The van der Waals surface area contributed by atoms with E-state index in [4.69, 9.17) is 5.11 Å². The molecule has 112 valence electrons. The lowest BCUT2D eigenvalue weighted by Gasteiger charge is -2.34. The highest BCUT2D eigenvalue weighted by Crippen LogP contribution is 2.41. The SMILES string of the molecule is CN1CC[C@]2(F)C(=O)N(c3ccc(C(=O)O)cc3)C[C@@H]2C1. The third-order valence-corrected chi connectivity index (χ3v) is 4.47. The van der Waals surface area contributed by atoms with E-state index in [2.05, 4.69) is 0 Å². The van der Waals surface area contributed by atoms with E-state index >= 15 is 0 Å². The predicted octanol–water partition coefficient (Wildman–Crippen LogP) is 1.39. The molecule has 0 saturated carbocycles. The van der Waals surface area contributed by atoms with E-state index in [0.717, 1.165) is 0 Å². The third-order valence-electron chi connectivity index (χ3n) is 4.47. The zero-order valence-electron chi connectivity index (χ0n) is 11.8. The Hall–Kier alpha value is -1.95. The number of halogens is 1. The Morgan fingerprint density at radius 3 is 2.62 bits per heavy atom. The molecule has 1 aromatic rings. The number of rotatable bonds is 2. The van der Waals surface area contributed by atoms with Crippen molar-refractivity contribution in [2.45, 2.75) is 12.1 Å². The maximum Gasteiger partial charge on any atom is 0.335 e. The van der Waals surface area contributed by atoms with Gasteiger partial charge in [-0.25, -0.2) is 9.18 Å². The van der Waals surface area contributed by atoms with Crippen LogP contribution in [-0.2, 0) is 4.79 Å². The van der Waals surface area contributed by atoms with E-state index in [1.807, 2.05) is 11.9 Å². The maximum atomic E-state index is 15.0. The van der Waals surface area contributed by atoms with E-state index in [9.17, 15) is 14.0 Å². The van der Waals surface area contributed by atoms with Gasteiger partial charge in [0.05, 0.1) is 5.56 Å². The number of amides is 1. The van der Waals surface area contributed by atoms with Crippen LogP contribution in [-0.4, -0.2) is 54.2 Å². The topological polar surface area (TPSA) is 60.9 Å². The van der Waals surface area contributed by atoms with Crippen molar-refractivity contribution < 1.29 is 19.1 Å². The van der Waals surface area contributed by atoms with E-state index in [0.29, 0.717) is 25.3 Å². The van der Waals surface area contributed by atoms with Crippen LogP contribution in [0.25, 0.3) is 0 Å². The van der Waals surface area contributed by atoms with Gasteiger partial charge in [-0.2, -0.15) is 0 Å². The molecule has 2 fully saturated rings. The number of alkyl halides is 1. The fourth-order valence-electron chi connectivity index (χ4n) is 3.19. The number of anilines is 1. The van der Waals surface area contributed by atoms with Crippen LogP contribution in [0, 0.1) is 5.92 Å². The van der Waals surface area contributed by atoms with Gasteiger partial charge in [-0.1, -0.05) is 0 Å². The molecule has 2 aliphatic heterocycles. The number of fused-ring (bicyclic) bond motifs is 1. The van der Waals surface area contributed by atoms with Gasteiger partial charge in [0.25, 0.3) is 5.91 Å². The second kappa shape index (κ2) is 4.80. The number of nitrogens with zero attached hydrogens (tertiary/aromatic N) is 2. The third kappa shape index (κ3) is 2.19. The molecule has 2 saturated heterocycles. The van der Waals surface area contributed by atoms with Gasteiger partial charge in [0, 0.05) is 37.7 Å². The van der Waals surface area contributed by atoms with Gasteiger partial charge in [-0.3, -0.25) is 4.79 Å². The van der Waals surface area contributed by atoms with Gasteiger partial charge >= 0.3 is 5.97 Å². The van der Waals surface area contributed by atoms with Crippen LogP contribution in [0.4, 0.5) is 10.1 Å². The number of carbonyl (C=O) groups is 2. The van der Waals surface area contributed by atoms with Crippen molar-refractivity contribution >= 4 is 17.6 Å². The Labute approximate surface area is 122 Å². The average molecular weight is 292 g/mol. The highest BCUT2D eigenvalue weighted by atomic mass is 19.1. The molecule has 2 atom stereocenters. The van der Waals surface area contributed by atoms with E-state index in [1.54, 1.807) is 12.1 Å². The van der Waals surface area contributed by atoms with Crippen LogP contribution in [0.2, 0.25) is 0 Å². The lowest BCUT2D eigenvalue weighted by atomic mass is 9.85. The quantitative estimate of drug-likeness (QED) is 0.895. The van der Waals surface area contributed by atoms with Gasteiger partial charge in [0.15, 0.2) is 5.67 Å². The van der Waals surface area contributed by atoms with Crippen molar-refractivity contribution in [3.05, 3.63) is 29.8 Å². The second-order valence-corrected chi connectivity index (χ2v) is 5.84. The maximum absolute atomic E-state index is 15.0. The molecule has 0 spiro atoms. The van der Waals surface area contributed by atoms with Gasteiger partial charge in [-0.15, -0.1) is 0 Å². The predicted molar refractivity (Wildman–Crippen MR) is 75.2 cm³/mol. The molecule has 2 aliphatic rings. The molecule has 1 aromatic carbocycles. The monoisotopic (exact) mass is 292 g/mol. The summed E-state index contributed by atoms with van der Waals surface area (Å²) in [4.78, 5) is 26.7. The second-order valence-electron chi connectivity index (χ2n) is 5.84. The minimum atomic E-state index is -1.78. The summed E-state index contributed by atoms with van der Waals surface area (Å²) in [6.45, 7) is 1.47. The first kappa shape index (κ1) is 14.0. The molecule has 0 aromatic heterocycles. The minimum Gasteiger partial charge on any atom is -0.478 e. The number of hydrogen-bond acceptors (Lipinski definition) is 3. The summed E-state index contributed by atoms with van der Waals surface area (Å²) in [7, 11) is 1.92. The fourth-order valence-corrected chi connectivity index (χ4v) is 3.19. The molecule has 21 heavy (non-hydrogen) atoms. The average Bonchev–Trinajstić information content (AvgIpc) is 2.72. The van der Waals surface area contributed by atoms with Crippen molar-refractivity contribution in [3.8, 4) is 0 Å². The normalized spacial score (nSPS) is 29.5. The Morgan fingerprint density at radius 2 is 2.00 bits per heavy atom. The number of piperidine rings is 1. The number of carboxylic acid groups (broad SMARTS) is 1. The Balaban J connectivity index is 1.87. The van der Waals surface area contributed by atoms with E-state index in [1.165, 1.54) is 17.0 Å². The van der Waals surface area contributed by atoms with Crippen molar-refractivity contribution in [2.24, 2.45) is 5.92 Å². The molecule has 0 unspecified atom stereocenters. The van der Waals surface area contributed by atoms with Crippen molar-refractivity contribution in [2.75, 3.05) is 31.6 Å². The number of carbonyl (C=O) groups excluding carboxylic acids is 1. The van der Waals surface area contributed by atoms with Gasteiger partial charge in [-0.05, 0) is 31.3 Å². The van der Waals surface area contributed by atoms with Gasteiger partial charge in [0.1, 0.15) is 0 Å². The molecule has 2 heterocycles. The summed E-state index contributed by atoms with van der Waals surface area (Å²) in [5, 5.41) is 8.89. The molecule has 3 rings (SSSR count). The summed E-state index contributed by atoms with van der Waals surface area (Å²) in [5.41, 5.74) is -1.07. The minimum absolute atomic E-state index is 0.150. The van der Waals surface area contributed by atoms with Crippen LogP contribution in [0.15, 0.2) is 24.3 Å². The standard InChI is InChI=1S/C15H17FN2O3/c1-17-7-6-15(16)11(8-17)9-18(14(15)21)12-4-2-10(3-5-12)13(19)20/h2-5,11H,6-9H2,1H3,(H,19,20)/t11-,15+/m0/s1. The first-order valence-corrected chi connectivity index (χ1v) is 6.94. The van der Waals surface area contributed by atoms with Crippen LogP contribution in [0.1, 0.15) is 16.8 Å². The lowest BCUT2D eigenvalue weighted by molar-refractivity contribution is -0.131. The van der Waals surface area contributed by atoms with E-state index < -0.39 is 17.5 Å². The van der Waals surface area contributed by atoms with Crippen LogP contribution < -0.4 is 4.90 Å². The number of carboxylic acids is 1. The molecular formula is C15H17FN2O3. The highest BCUT2D eigenvalue weighted by molar-refractivity contribution is 6.02. The lowest BCUT2D eigenvalue weighted by Crippen LogP contribution is -2.49. The van der Waals surface area contributed by atoms with Crippen LogP contribution >= 0.6 is 0 Å². The smallest absolute Gasteiger partial charge is 0.335 e. The number of hydrogen-bond donors (Lipinski definition) is 1. The summed E-state index contributed by atoms with van der Waals surface area (Å²) in [6, 6.07) is 5.99. The first-order valence-electron chi connectivity index (χ1n) is 6.94. The van der Waals surface area contributed by atoms with E-state index in [-0.39, 0.29) is 17.9 Å². The summed E-state index contributed by atoms with van der Waals surface area (Å²) >= 11 is 0. The summed E-state index contributed by atoms with van der Waals surface area (Å²) < 4.78 is 15.0. The summed E-state index contributed by atoms with van der Waals surface area (Å²) in [5.74, 6) is -1.85. The highest BCUT2D eigenvalue weighted by Gasteiger charge is 2.56. The van der Waals surface area contributed by atoms with Crippen molar-refractivity contribution in [1.29, 1.82) is 0 Å². The zero-order chi connectivity index (χ0) is 15.2. The number of benzene rings is 1. The molecule has 0 radical (unpaired) electrons. The molecule has 5 nitrogen and oxygen atoms in total. The Morgan fingerprint density at radius 1 is 1.33 bits per heavy atom. The van der Waals surface area contributed by atoms with Crippen LogP contribution in [0.3, 0.4) is 0 Å². The van der Waals surface area contributed by atoms with Gasteiger partial charge in [0.2, 0.25) is 0 Å². The molecule has 0 bridgehead atoms.